The van der Waals surface area contributed by atoms with E-state index in [2.05, 4.69) is 12.2 Å². The molecule has 0 saturated carbocycles. The first-order chi connectivity index (χ1) is 7.93. The van der Waals surface area contributed by atoms with Gasteiger partial charge in [-0.3, -0.25) is 0 Å². The predicted octanol–water partition coefficient (Wildman–Crippen LogP) is 2.80. The molecule has 90 valence electrons. The Bertz CT molecular complexity index is 253. The Morgan fingerprint density at radius 2 is 2.00 bits per heavy atom. The zero-order chi connectivity index (χ0) is 11.5. The largest absolute Gasteiger partial charge is 0.492 e. The third-order valence-corrected chi connectivity index (χ3v) is 3.12. The lowest BCUT2D eigenvalue weighted by molar-refractivity contribution is 0.314. The number of hydrogen-bond acceptors (Lipinski definition) is 3. The molecule has 0 spiro atoms. The van der Waals surface area contributed by atoms with Gasteiger partial charge in [-0.2, -0.15) is 11.8 Å². The summed E-state index contributed by atoms with van der Waals surface area (Å²) in [6.45, 7) is 4.95. The van der Waals surface area contributed by atoms with Gasteiger partial charge < -0.3 is 10.1 Å². The van der Waals surface area contributed by atoms with E-state index in [0.717, 1.165) is 25.4 Å². The van der Waals surface area contributed by atoms with Crippen molar-refractivity contribution >= 4 is 11.8 Å². The fourth-order valence-corrected chi connectivity index (χ4v) is 1.96. The van der Waals surface area contributed by atoms with Gasteiger partial charge in [-0.25, -0.2) is 0 Å². The molecule has 0 radical (unpaired) electrons. The lowest BCUT2D eigenvalue weighted by Crippen LogP contribution is -2.22. The van der Waals surface area contributed by atoms with Crippen molar-refractivity contribution in [2.45, 2.75) is 13.3 Å². The van der Waals surface area contributed by atoms with Gasteiger partial charge in [-0.1, -0.05) is 25.1 Å². The maximum Gasteiger partial charge on any atom is 0.119 e. The zero-order valence-corrected chi connectivity index (χ0v) is 10.8. The molecule has 0 aromatic heterocycles. The van der Waals surface area contributed by atoms with E-state index < -0.39 is 0 Å². The van der Waals surface area contributed by atoms with Gasteiger partial charge in [0.25, 0.3) is 0 Å². The van der Waals surface area contributed by atoms with E-state index in [0.29, 0.717) is 0 Å². The average Bonchev–Trinajstić information content (AvgIpc) is 2.34. The van der Waals surface area contributed by atoms with Crippen molar-refractivity contribution in [2.24, 2.45) is 0 Å². The Balaban J connectivity index is 1.89. The van der Waals surface area contributed by atoms with Crippen LogP contribution in [0.1, 0.15) is 13.3 Å². The summed E-state index contributed by atoms with van der Waals surface area (Å²) < 4.78 is 5.57. The number of para-hydroxylation sites is 1. The molecule has 0 bridgehead atoms. The molecular formula is C13H21NOS. The first-order valence-corrected chi connectivity index (χ1v) is 7.05. The molecule has 0 heterocycles. The third-order valence-electron chi connectivity index (χ3n) is 2.14. The van der Waals surface area contributed by atoms with E-state index in [1.54, 1.807) is 0 Å². The number of rotatable bonds is 9. The second-order valence-electron chi connectivity index (χ2n) is 3.46. The lowest BCUT2D eigenvalue weighted by Gasteiger charge is -2.07. The van der Waals surface area contributed by atoms with Crippen LogP contribution in [0.5, 0.6) is 5.75 Å². The molecule has 1 rings (SSSR count). The monoisotopic (exact) mass is 239 g/mol. The Hall–Kier alpha value is -0.670. The van der Waals surface area contributed by atoms with Gasteiger partial charge in [0, 0.05) is 6.54 Å². The highest BCUT2D eigenvalue weighted by atomic mass is 32.2. The Kier molecular flexibility index (Phi) is 7.99. The highest BCUT2D eigenvalue weighted by Gasteiger charge is 1.91. The van der Waals surface area contributed by atoms with Gasteiger partial charge >= 0.3 is 0 Å². The summed E-state index contributed by atoms with van der Waals surface area (Å²) in [4.78, 5) is 0. The molecule has 3 heteroatoms. The molecule has 1 N–H and O–H groups in total. The summed E-state index contributed by atoms with van der Waals surface area (Å²) in [5.41, 5.74) is 0. The van der Waals surface area contributed by atoms with Crippen LogP contribution >= 0.6 is 11.8 Å². The Morgan fingerprint density at radius 1 is 1.19 bits per heavy atom. The summed E-state index contributed by atoms with van der Waals surface area (Å²) in [5, 5.41) is 3.38. The number of nitrogens with one attached hydrogen (secondary N) is 1. The average molecular weight is 239 g/mol. The summed E-state index contributed by atoms with van der Waals surface area (Å²) in [6, 6.07) is 9.95. The van der Waals surface area contributed by atoms with Crippen LogP contribution in [0.4, 0.5) is 0 Å². The van der Waals surface area contributed by atoms with Crippen LogP contribution in [0.15, 0.2) is 30.3 Å². The number of benzene rings is 1. The maximum absolute atomic E-state index is 5.57. The Labute approximate surface area is 103 Å². The number of thioether (sulfide) groups is 1. The van der Waals surface area contributed by atoms with Crippen molar-refractivity contribution in [3.63, 3.8) is 0 Å². The third kappa shape index (κ3) is 6.75. The molecule has 0 atom stereocenters. The van der Waals surface area contributed by atoms with E-state index in [-0.39, 0.29) is 0 Å². The van der Waals surface area contributed by atoms with Crippen molar-refractivity contribution in [1.29, 1.82) is 0 Å². The van der Waals surface area contributed by atoms with Crippen molar-refractivity contribution in [1.82, 2.24) is 5.32 Å². The molecule has 2 nitrogen and oxygen atoms in total. The van der Waals surface area contributed by atoms with E-state index in [9.17, 15) is 0 Å². The van der Waals surface area contributed by atoms with E-state index >= 15 is 0 Å². The van der Waals surface area contributed by atoms with Crippen molar-refractivity contribution in [3.8, 4) is 5.75 Å². The molecule has 0 fully saturated rings. The predicted molar refractivity (Wildman–Crippen MR) is 72.4 cm³/mol. The molecule has 0 saturated heterocycles. The minimum Gasteiger partial charge on any atom is -0.492 e. The van der Waals surface area contributed by atoms with Crippen molar-refractivity contribution in [2.75, 3.05) is 31.2 Å². The molecule has 0 amide bonds. The highest BCUT2D eigenvalue weighted by Crippen LogP contribution is 2.07. The summed E-state index contributed by atoms with van der Waals surface area (Å²) >= 11 is 2.00. The van der Waals surface area contributed by atoms with E-state index in [1.165, 1.54) is 17.9 Å². The van der Waals surface area contributed by atoms with Crippen molar-refractivity contribution < 1.29 is 4.74 Å². The fourth-order valence-electron chi connectivity index (χ4n) is 1.33. The molecule has 1 aromatic rings. The highest BCUT2D eigenvalue weighted by molar-refractivity contribution is 7.99. The molecule has 0 aliphatic heterocycles. The van der Waals surface area contributed by atoms with Crippen LogP contribution in [0.3, 0.4) is 0 Å². The van der Waals surface area contributed by atoms with Crippen LogP contribution in [0.2, 0.25) is 0 Å². The molecule has 0 aliphatic rings. The van der Waals surface area contributed by atoms with Gasteiger partial charge in [0.2, 0.25) is 0 Å². The SMILES string of the molecule is CCSCCCNCCOc1ccccc1. The summed E-state index contributed by atoms with van der Waals surface area (Å²) in [6.07, 6.45) is 1.24. The zero-order valence-electron chi connectivity index (χ0n) is 9.95. The quantitative estimate of drug-likeness (QED) is 0.670. The van der Waals surface area contributed by atoms with Crippen LogP contribution in [-0.4, -0.2) is 31.2 Å². The minimum atomic E-state index is 0.741. The number of ether oxygens (including phenoxy) is 1. The van der Waals surface area contributed by atoms with Crippen LogP contribution in [0, 0.1) is 0 Å². The van der Waals surface area contributed by atoms with Crippen LogP contribution < -0.4 is 10.1 Å². The van der Waals surface area contributed by atoms with E-state index in [4.69, 9.17) is 4.74 Å². The first-order valence-electron chi connectivity index (χ1n) is 5.90. The summed E-state index contributed by atoms with van der Waals surface area (Å²) in [7, 11) is 0. The second kappa shape index (κ2) is 9.55. The first kappa shape index (κ1) is 13.4. The fraction of sp³-hybridized carbons (Fsp3) is 0.538. The second-order valence-corrected chi connectivity index (χ2v) is 4.86. The van der Waals surface area contributed by atoms with Crippen molar-refractivity contribution in [3.05, 3.63) is 30.3 Å². The topological polar surface area (TPSA) is 21.3 Å². The summed E-state index contributed by atoms with van der Waals surface area (Å²) in [5.74, 6) is 3.42. The van der Waals surface area contributed by atoms with E-state index in [1.807, 2.05) is 42.1 Å². The normalized spacial score (nSPS) is 10.3. The molecular weight excluding hydrogens is 218 g/mol. The smallest absolute Gasteiger partial charge is 0.119 e. The van der Waals surface area contributed by atoms with Gasteiger partial charge in [0.1, 0.15) is 12.4 Å². The minimum absolute atomic E-state index is 0.741. The molecule has 1 aromatic carbocycles. The van der Waals surface area contributed by atoms with Gasteiger partial charge in [-0.15, -0.1) is 0 Å². The Morgan fingerprint density at radius 3 is 2.75 bits per heavy atom. The van der Waals surface area contributed by atoms with Gasteiger partial charge in [0.15, 0.2) is 0 Å². The van der Waals surface area contributed by atoms with Crippen LogP contribution in [0.25, 0.3) is 0 Å². The van der Waals surface area contributed by atoms with Crippen LogP contribution in [-0.2, 0) is 0 Å². The lowest BCUT2D eigenvalue weighted by atomic mass is 10.3. The number of hydrogen-bond donors (Lipinski definition) is 1. The van der Waals surface area contributed by atoms with Gasteiger partial charge in [-0.05, 0) is 36.6 Å². The standard InChI is InChI=1S/C13H21NOS/c1-2-16-12-6-9-14-10-11-15-13-7-4-3-5-8-13/h3-5,7-8,14H,2,6,9-12H2,1H3. The molecule has 16 heavy (non-hydrogen) atoms. The molecule has 0 aliphatic carbocycles. The van der Waals surface area contributed by atoms with Gasteiger partial charge in [0.05, 0.1) is 0 Å². The molecule has 0 unspecified atom stereocenters. The maximum atomic E-state index is 5.57.